The van der Waals surface area contributed by atoms with E-state index in [-0.39, 0.29) is 25.4 Å². The number of fused-ring (bicyclic) bond motifs is 1. The van der Waals surface area contributed by atoms with Crippen LogP contribution in [0.1, 0.15) is 12.8 Å². The van der Waals surface area contributed by atoms with Crippen molar-refractivity contribution in [2.75, 3.05) is 39.6 Å². The third kappa shape index (κ3) is 7.52. The monoisotopic (exact) mass is 677 g/mol. The van der Waals surface area contributed by atoms with E-state index in [9.17, 15) is 44.1 Å². The molecule has 44 heavy (non-hydrogen) atoms. The smallest absolute Gasteiger partial charge is 0.478 e. The number of hydrogen-bond acceptors (Lipinski definition) is 18. The van der Waals surface area contributed by atoms with Gasteiger partial charge in [0.25, 0.3) is 7.82 Å². The molecule has 5 heterocycles. The van der Waals surface area contributed by atoms with Crippen molar-refractivity contribution in [2.45, 2.75) is 80.3 Å². The van der Waals surface area contributed by atoms with Gasteiger partial charge in [-0.25, -0.2) is 13.8 Å². The molecule has 5 rings (SSSR count). The molecule has 5 fully saturated rings. The zero-order valence-corrected chi connectivity index (χ0v) is 25.3. The van der Waals surface area contributed by atoms with Crippen molar-refractivity contribution in [3.05, 3.63) is 0 Å². The summed E-state index contributed by atoms with van der Waals surface area (Å²) in [6.45, 7) is -0.334. The minimum atomic E-state index is -5.55. The summed E-state index contributed by atoms with van der Waals surface area (Å²) in [5, 5.41) is 51.3. The molecule has 15 atom stereocenters. The fraction of sp³-hybridized carbons (Fsp3) is 0.952. The maximum Gasteiger partial charge on any atom is 0.478 e. The van der Waals surface area contributed by atoms with Gasteiger partial charge in [-0.2, -0.15) is 0 Å². The number of aliphatic hydroxyl groups is 4. The Kier molecular flexibility index (Phi) is 10.8. The van der Waals surface area contributed by atoms with Crippen molar-refractivity contribution in [1.82, 2.24) is 20.9 Å². The van der Waals surface area contributed by atoms with Crippen molar-refractivity contribution in [3.8, 4) is 0 Å². The number of likely N-dealkylation sites (tertiary alicyclic amines) is 1. The summed E-state index contributed by atoms with van der Waals surface area (Å²) in [4.78, 5) is 36.3. The Morgan fingerprint density at radius 1 is 1.02 bits per heavy atom. The number of primary amides is 1. The summed E-state index contributed by atoms with van der Waals surface area (Å²) in [7, 11) is -10.9. The van der Waals surface area contributed by atoms with Crippen LogP contribution in [0.5, 0.6) is 0 Å². The van der Waals surface area contributed by atoms with Crippen LogP contribution in [0.3, 0.4) is 0 Å². The normalized spacial score (nSPS) is 45.9. The number of ether oxygens (including phenoxy) is 2. The summed E-state index contributed by atoms with van der Waals surface area (Å²) in [5.74, 6) is -0.947. The van der Waals surface area contributed by atoms with Gasteiger partial charge in [0.15, 0.2) is 6.10 Å². The Hall–Kier alpha value is -0.750. The van der Waals surface area contributed by atoms with Crippen LogP contribution in [-0.4, -0.2) is 143 Å². The molecule has 13 N–H and O–H groups in total. The lowest BCUT2D eigenvalue weighted by molar-refractivity contribution is -0.956. The number of carbonyl (C=O) groups is 1. The van der Waals surface area contributed by atoms with E-state index in [1.807, 2.05) is 0 Å². The van der Waals surface area contributed by atoms with Crippen molar-refractivity contribution in [2.24, 2.45) is 17.4 Å². The van der Waals surface area contributed by atoms with Crippen molar-refractivity contribution >= 4 is 21.6 Å². The van der Waals surface area contributed by atoms with Crippen LogP contribution >= 0.6 is 15.6 Å². The van der Waals surface area contributed by atoms with Gasteiger partial charge < -0.3 is 60.6 Å². The first-order valence-electron chi connectivity index (χ1n) is 14.2. The van der Waals surface area contributed by atoms with Gasteiger partial charge in [0.1, 0.15) is 36.7 Å². The zero-order valence-electron chi connectivity index (χ0n) is 23.5. The first kappa shape index (κ1) is 34.6. The molecular formula is C21H41N7O14P2. The Morgan fingerprint density at radius 2 is 1.70 bits per heavy atom. The average Bonchev–Trinajstić information content (AvgIpc) is 3.61. The van der Waals surface area contributed by atoms with Gasteiger partial charge in [-0.15, -0.1) is 0 Å². The molecule has 0 bridgehead atoms. The average molecular weight is 678 g/mol. The van der Waals surface area contributed by atoms with Crippen LogP contribution < -0.4 is 37.2 Å². The quantitative estimate of drug-likeness (QED) is 0.0905. The van der Waals surface area contributed by atoms with Crippen LogP contribution in [0.2, 0.25) is 0 Å². The summed E-state index contributed by atoms with van der Waals surface area (Å²) < 4.78 is 49.7. The number of phosphoric ester groups is 2. The van der Waals surface area contributed by atoms with Crippen LogP contribution in [0.15, 0.2) is 0 Å². The predicted molar refractivity (Wildman–Crippen MR) is 141 cm³/mol. The Morgan fingerprint density at radius 3 is 2.43 bits per heavy atom. The second-order valence-electron chi connectivity index (χ2n) is 11.5. The molecule has 5 aliphatic heterocycles. The molecule has 0 saturated carbocycles. The number of rotatable bonds is 11. The van der Waals surface area contributed by atoms with Crippen LogP contribution in [0.25, 0.3) is 0 Å². The van der Waals surface area contributed by atoms with Gasteiger partial charge in [-0.3, -0.25) is 29.8 Å². The molecule has 0 aromatic carbocycles. The van der Waals surface area contributed by atoms with E-state index in [0.29, 0.717) is 31.0 Å². The molecule has 0 aliphatic carbocycles. The Labute approximate surface area is 251 Å². The van der Waals surface area contributed by atoms with Crippen LogP contribution in [0.4, 0.5) is 0 Å². The molecule has 1 amide bonds. The highest BCUT2D eigenvalue weighted by Crippen LogP contribution is 2.58. The van der Waals surface area contributed by atoms with Gasteiger partial charge in [-0.05, 0) is 12.8 Å². The van der Waals surface area contributed by atoms with E-state index >= 15 is 0 Å². The summed E-state index contributed by atoms with van der Waals surface area (Å²) in [5.41, 5.74) is 11.4. The fourth-order valence-corrected chi connectivity index (χ4v) is 8.37. The Bertz CT molecular complexity index is 1130. The number of carbonyl (C=O) groups excluding carboxylic acids is 1. The van der Waals surface area contributed by atoms with E-state index in [4.69, 9.17) is 25.5 Å². The highest BCUT2D eigenvalue weighted by Gasteiger charge is 2.53. The molecule has 7 unspecified atom stereocenters. The lowest BCUT2D eigenvalue weighted by Gasteiger charge is -2.38. The van der Waals surface area contributed by atoms with Gasteiger partial charge in [0.2, 0.25) is 12.1 Å². The number of quaternary nitrogens is 1. The molecule has 23 heteroatoms. The first-order chi connectivity index (χ1) is 20.7. The number of hydrogen-bond donors (Lipinski definition) is 11. The number of nitrogens with zero attached hydrogens (tertiary/aromatic N) is 1. The van der Waals surface area contributed by atoms with Crippen LogP contribution in [-0.2, 0) is 36.8 Å². The minimum Gasteiger partial charge on any atom is -0.756 e. The number of piperidine rings is 1. The summed E-state index contributed by atoms with van der Waals surface area (Å²) >= 11 is 0. The minimum absolute atomic E-state index is 0.239. The zero-order chi connectivity index (χ0) is 32.0. The van der Waals surface area contributed by atoms with E-state index < -0.39 is 95.9 Å². The molecule has 5 aliphatic rings. The Balaban J connectivity index is 1.10. The molecule has 0 aromatic rings. The highest BCUT2D eigenvalue weighted by atomic mass is 31.3. The van der Waals surface area contributed by atoms with E-state index in [1.165, 1.54) is 0 Å². The highest BCUT2D eigenvalue weighted by molar-refractivity contribution is 7.60. The molecule has 21 nitrogen and oxygen atoms in total. The molecule has 0 aromatic heterocycles. The third-order valence-electron chi connectivity index (χ3n) is 8.64. The first-order valence-corrected chi connectivity index (χ1v) is 17.2. The number of nitrogens with two attached hydrogens (primary N) is 2. The molecular weight excluding hydrogens is 636 g/mol. The number of aliphatic hydroxyl groups excluding tert-OH is 4. The second kappa shape index (κ2) is 13.8. The second-order valence-corrected chi connectivity index (χ2v) is 14.5. The van der Waals surface area contributed by atoms with E-state index in [2.05, 4.69) is 24.8 Å². The SMILES string of the molecule is NC(=O)C1CCC[NH+]([C@H]2O[C@@H](COP(=O)([O-])OP(=O)(O)OC[C@H]3O[C@@H](N4CNC5C(N)NCNC54)[C@H](O)[C@@H]3O)[C@H](O)[C@@H]2O)C1. The third-order valence-corrected chi connectivity index (χ3v) is 11.2. The van der Waals surface area contributed by atoms with E-state index in [1.54, 1.807) is 4.90 Å². The lowest BCUT2D eigenvalue weighted by atomic mass is 9.96. The largest absolute Gasteiger partial charge is 0.756 e. The topological polar surface area (TPSA) is 317 Å². The van der Waals surface area contributed by atoms with Gasteiger partial charge in [-0.1, -0.05) is 0 Å². The van der Waals surface area contributed by atoms with Crippen molar-refractivity contribution < 1.29 is 71.9 Å². The molecule has 0 spiro atoms. The van der Waals surface area contributed by atoms with Crippen LogP contribution in [0, 0.1) is 5.92 Å². The maximum absolute atomic E-state index is 12.4. The number of nitrogens with one attached hydrogen (secondary N) is 4. The maximum atomic E-state index is 12.4. The van der Waals surface area contributed by atoms with Gasteiger partial charge in [0, 0.05) is 6.67 Å². The molecule has 254 valence electrons. The lowest BCUT2D eigenvalue weighted by Crippen LogP contribution is -3.18. The summed E-state index contributed by atoms with van der Waals surface area (Å²) in [6, 6.07) is -0.241. The predicted octanol–water partition coefficient (Wildman–Crippen LogP) is -7.73. The van der Waals surface area contributed by atoms with Gasteiger partial charge in [0.05, 0.1) is 57.3 Å². The number of amides is 1. The van der Waals surface area contributed by atoms with Crippen molar-refractivity contribution in [3.63, 3.8) is 0 Å². The van der Waals surface area contributed by atoms with Crippen molar-refractivity contribution in [1.29, 1.82) is 0 Å². The van der Waals surface area contributed by atoms with E-state index in [0.717, 1.165) is 0 Å². The molecule has 0 radical (unpaired) electrons. The fourth-order valence-electron chi connectivity index (χ4n) is 6.32. The summed E-state index contributed by atoms with van der Waals surface area (Å²) in [6.07, 6.45) is -10.3. The standard InChI is InChI=1S/C21H41N7O14P2/c22-17-12-19(25-7-24-17)28(8-26-12)21-16(32)14(30)11(41-21)6-39-44(36,37)42-43(34,35)38-5-10-13(29)15(31)20(40-10)27-3-1-2-9(4-27)18(23)33/h9-17,19-21,24-26,29-32H,1-8,22H2,(H2,23,33)(H,34,35)(H,36,37)/t9?,10-,11+,12?,13-,14+,15-,16+,17?,19?,20-,21+/m0/s1. The molecule has 5 saturated heterocycles. The van der Waals surface area contributed by atoms with Gasteiger partial charge >= 0.3 is 7.82 Å². The number of phosphoric acid groups is 2.